The number of nitrogens with two attached hydrogens (primary N) is 1. The maximum atomic E-state index is 11.6. The Bertz CT molecular complexity index is 663. The number of nitrogens with one attached hydrogen (secondary N) is 1. The molecule has 126 valence electrons. The number of rotatable bonds is 7. The van der Waals surface area contributed by atoms with E-state index in [0.29, 0.717) is 30.3 Å². The minimum atomic E-state index is -0.0991. The molecule has 2 rings (SSSR count). The van der Waals surface area contributed by atoms with Gasteiger partial charge in [-0.2, -0.15) is 0 Å². The molecular weight excluding hydrogens is 308 g/mol. The second-order valence-electron chi connectivity index (χ2n) is 5.02. The summed E-state index contributed by atoms with van der Waals surface area (Å²) in [5, 5.41) is 18.8. The molecule has 9 heteroatoms. The molecule has 0 fully saturated rings. The first-order valence-electron chi connectivity index (χ1n) is 7.68. The SMILES string of the molecule is CCCC(=O)N[C@@H]1C=CC(c2nnc(CN=C/C=C\N)nn2)=NC1. The predicted molar refractivity (Wildman–Crippen MR) is 90.5 cm³/mol. The van der Waals surface area contributed by atoms with Gasteiger partial charge in [0.2, 0.25) is 11.7 Å². The fourth-order valence-corrected chi connectivity index (χ4v) is 1.92. The van der Waals surface area contributed by atoms with Gasteiger partial charge in [-0.05, 0) is 24.8 Å². The first-order valence-corrected chi connectivity index (χ1v) is 7.68. The van der Waals surface area contributed by atoms with E-state index in [-0.39, 0.29) is 18.5 Å². The summed E-state index contributed by atoms with van der Waals surface area (Å²) in [6.45, 7) is 2.69. The molecule has 1 aromatic heterocycles. The third kappa shape index (κ3) is 5.34. The number of carbonyl (C=O) groups excluding carboxylic acids is 1. The maximum absolute atomic E-state index is 11.6. The van der Waals surface area contributed by atoms with Crippen molar-refractivity contribution in [2.75, 3.05) is 6.54 Å². The number of amides is 1. The number of allylic oxidation sites excluding steroid dienone is 2. The number of carbonyl (C=O) groups is 1. The zero-order valence-corrected chi connectivity index (χ0v) is 13.5. The molecule has 0 unspecified atom stereocenters. The molecule has 0 spiro atoms. The highest BCUT2D eigenvalue weighted by Crippen LogP contribution is 2.04. The number of aliphatic imine (C=N–C) groups is 2. The van der Waals surface area contributed by atoms with Gasteiger partial charge in [-0.1, -0.05) is 13.0 Å². The summed E-state index contributed by atoms with van der Waals surface area (Å²) in [5.74, 6) is 0.782. The molecule has 1 aliphatic rings. The standard InChI is InChI=1S/C15H20N8O/c1-2-4-14(24)19-11-5-6-12(18-9-11)15-22-20-13(21-23-15)10-17-8-3-7-16/h3,5-8,11H,2,4,9-10,16H2,1H3,(H,19,24)/b7-3-,17-8?/t11-/m1/s1. The van der Waals surface area contributed by atoms with E-state index >= 15 is 0 Å². The highest BCUT2D eigenvalue weighted by Gasteiger charge is 2.15. The van der Waals surface area contributed by atoms with Crippen LogP contribution in [0.3, 0.4) is 0 Å². The molecule has 0 radical (unpaired) electrons. The van der Waals surface area contributed by atoms with Gasteiger partial charge in [0, 0.05) is 12.6 Å². The lowest BCUT2D eigenvalue weighted by Gasteiger charge is -2.16. The summed E-state index contributed by atoms with van der Waals surface area (Å²) >= 11 is 0. The Morgan fingerprint density at radius 2 is 2.21 bits per heavy atom. The van der Waals surface area contributed by atoms with E-state index in [1.54, 1.807) is 18.4 Å². The molecule has 0 aliphatic carbocycles. The molecule has 9 nitrogen and oxygen atoms in total. The van der Waals surface area contributed by atoms with Crippen LogP contribution in [0.2, 0.25) is 0 Å². The van der Waals surface area contributed by atoms with E-state index in [9.17, 15) is 4.79 Å². The van der Waals surface area contributed by atoms with Crippen molar-refractivity contribution in [3.63, 3.8) is 0 Å². The van der Waals surface area contributed by atoms with Crippen LogP contribution in [-0.4, -0.2) is 50.8 Å². The minimum Gasteiger partial charge on any atom is -0.405 e. The molecular formula is C15H20N8O. The second kappa shape index (κ2) is 9.23. The molecule has 24 heavy (non-hydrogen) atoms. The van der Waals surface area contributed by atoms with Gasteiger partial charge in [0.25, 0.3) is 0 Å². The lowest BCUT2D eigenvalue weighted by atomic mass is 10.1. The lowest BCUT2D eigenvalue weighted by molar-refractivity contribution is -0.121. The highest BCUT2D eigenvalue weighted by atomic mass is 16.1. The number of dihydropyridines is 1. The van der Waals surface area contributed by atoms with Crippen LogP contribution in [0.4, 0.5) is 0 Å². The Morgan fingerprint density at radius 1 is 1.42 bits per heavy atom. The van der Waals surface area contributed by atoms with Gasteiger partial charge < -0.3 is 11.1 Å². The smallest absolute Gasteiger partial charge is 0.221 e. The van der Waals surface area contributed by atoms with E-state index in [0.717, 1.165) is 6.42 Å². The average Bonchev–Trinajstić information content (AvgIpc) is 2.60. The normalized spacial score (nSPS) is 17.4. The van der Waals surface area contributed by atoms with Crippen LogP contribution in [0.5, 0.6) is 0 Å². The van der Waals surface area contributed by atoms with Crippen LogP contribution in [0, 0.1) is 0 Å². The van der Waals surface area contributed by atoms with Crippen molar-refractivity contribution >= 4 is 17.8 Å². The monoisotopic (exact) mass is 328 g/mol. The Kier molecular flexibility index (Phi) is 6.69. The highest BCUT2D eigenvalue weighted by molar-refractivity contribution is 6.06. The van der Waals surface area contributed by atoms with E-state index in [4.69, 9.17) is 5.73 Å². The van der Waals surface area contributed by atoms with Crippen LogP contribution in [0.1, 0.15) is 31.4 Å². The zero-order valence-electron chi connectivity index (χ0n) is 13.5. The molecule has 1 aromatic rings. The second-order valence-corrected chi connectivity index (χ2v) is 5.02. The number of hydrogen-bond acceptors (Lipinski definition) is 8. The third-order valence-electron chi connectivity index (χ3n) is 3.05. The summed E-state index contributed by atoms with van der Waals surface area (Å²) in [4.78, 5) is 20.0. The quantitative estimate of drug-likeness (QED) is 0.675. The molecule has 2 heterocycles. The van der Waals surface area contributed by atoms with Crippen molar-refractivity contribution in [3.05, 3.63) is 36.1 Å². The Balaban J connectivity index is 1.90. The van der Waals surface area contributed by atoms with Crippen LogP contribution in [0.25, 0.3) is 0 Å². The summed E-state index contributed by atoms with van der Waals surface area (Å²) in [7, 11) is 0. The minimum absolute atomic E-state index is 0.0276. The number of hydrogen-bond donors (Lipinski definition) is 2. The molecule has 1 amide bonds. The Hall–Kier alpha value is -2.97. The topological polar surface area (TPSA) is 131 Å². The fraction of sp³-hybridized carbons (Fsp3) is 0.400. The van der Waals surface area contributed by atoms with E-state index in [2.05, 4.69) is 35.7 Å². The van der Waals surface area contributed by atoms with Crippen molar-refractivity contribution in [1.29, 1.82) is 0 Å². The van der Waals surface area contributed by atoms with Crippen molar-refractivity contribution in [1.82, 2.24) is 25.7 Å². The Labute approximate surface area is 139 Å². The van der Waals surface area contributed by atoms with Gasteiger partial charge in [0.15, 0.2) is 5.82 Å². The van der Waals surface area contributed by atoms with Gasteiger partial charge in [-0.25, -0.2) is 0 Å². The molecule has 1 atom stereocenters. The molecule has 0 bridgehead atoms. The first-order chi connectivity index (χ1) is 11.7. The van der Waals surface area contributed by atoms with Gasteiger partial charge in [-0.15, -0.1) is 20.4 Å². The van der Waals surface area contributed by atoms with Gasteiger partial charge >= 0.3 is 0 Å². The predicted octanol–water partition coefficient (Wildman–Crippen LogP) is -0.0464. The molecule has 0 aromatic carbocycles. The third-order valence-corrected chi connectivity index (χ3v) is 3.05. The summed E-state index contributed by atoms with van der Waals surface area (Å²) in [5.41, 5.74) is 5.79. The lowest BCUT2D eigenvalue weighted by Crippen LogP contribution is -2.37. The maximum Gasteiger partial charge on any atom is 0.221 e. The van der Waals surface area contributed by atoms with Crippen molar-refractivity contribution in [3.8, 4) is 0 Å². The van der Waals surface area contributed by atoms with Gasteiger partial charge in [-0.3, -0.25) is 14.8 Å². The van der Waals surface area contributed by atoms with Crippen LogP contribution in [0.15, 0.2) is 34.4 Å². The fourth-order valence-electron chi connectivity index (χ4n) is 1.92. The van der Waals surface area contributed by atoms with E-state index in [1.807, 2.05) is 13.0 Å². The van der Waals surface area contributed by atoms with Gasteiger partial charge in [0.1, 0.15) is 12.3 Å². The molecule has 0 saturated heterocycles. The summed E-state index contributed by atoms with van der Waals surface area (Å²) in [6.07, 6.45) is 9.52. The molecule has 0 saturated carbocycles. The van der Waals surface area contributed by atoms with Crippen LogP contribution >= 0.6 is 0 Å². The molecule has 1 aliphatic heterocycles. The largest absolute Gasteiger partial charge is 0.405 e. The van der Waals surface area contributed by atoms with Crippen LogP contribution < -0.4 is 11.1 Å². The van der Waals surface area contributed by atoms with E-state index in [1.165, 1.54) is 6.20 Å². The van der Waals surface area contributed by atoms with Gasteiger partial charge in [0.05, 0.1) is 12.6 Å². The zero-order chi connectivity index (χ0) is 17.2. The van der Waals surface area contributed by atoms with E-state index < -0.39 is 0 Å². The number of nitrogens with zero attached hydrogens (tertiary/aromatic N) is 6. The first kappa shape index (κ1) is 17.4. The van der Waals surface area contributed by atoms with Crippen molar-refractivity contribution in [2.24, 2.45) is 15.7 Å². The van der Waals surface area contributed by atoms with Crippen LogP contribution in [-0.2, 0) is 11.3 Å². The van der Waals surface area contributed by atoms with Crippen molar-refractivity contribution in [2.45, 2.75) is 32.4 Å². The summed E-state index contributed by atoms with van der Waals surface area (Å²) in [6, 6.07) is -0.0991. The average molecular weight is 328 g/mol. The van der Waals surface area contributed by atoms with Crippen molar-refractivity contribution < 1.29 is 4.79 Å². The summed E-state index contributed by atoms with van der Waals surface area (Å²) < 4.78 is 0. The molecule has 3 N–H and O–H groups in total. The number of aromatic nitrogens is 4. The Morgan fingerprint density at radius 3 is 2.83 bits per heavy atom.